The monoisotopic (exact) mass is 306 g/mol. The zero-order chi connectivity index (χ0) is 15.3. The van der Waals surface area contributed by atoms with Crippen LogP contribution in [0.1, 0.15) is 12.0 Å². The number of nitrogens with one attached hydrogen (secondary N) is 1. The fourth-order valence-electron chi connectivity index (χ4n) is 1.64. The SMILES string of the molecule is COCC(O)CCNS(=O)(=O)c1cc(C)c(F)c(N)c1. The number of ether oxygens (including phenoxy) is 1. The van der Waals surface area contributed by atoms with E-state index in [4.69, 9.17) is 10.5 Å². The molecule has 1 atom stereocenters. The van der Waals surface area contributed by atoms with Crippen molar-refractivity contribution < 1.29 is 22.7 Å². The first-order valence-electron chi connectivity index (χ1n) is 6.00. The molecule has 0 fully saturated rings. The molecule has 8 heteroatoms. The highest BCUT2D eigenvalue weighted by Crippen LogP contribution is 2.20. The summed E-state index contributed by atoms with van der Waals surface area (Å²) in [6.45, 7) is 1.61. The second-order valence-electron chi connectivity index (χ2n) is 4.44. The molecule has 0 aliphatic heterocycles. The molecule has 1 unspecified atom stereocenters. The maximum atomic E-state index is 13.4. The van der Waals surface area contributed by atoms with Gasteiger partial charge in [0.1, 0.15) is 5.82 Å². The molecule has 0 aliphatic rings. The summed E-state index contributed by atoms with van der Waals surface area (Å²) in [4.78, 5) is -0.102. The van der Waals surface area contributed by atoms with Crippen LogP contribution in [-0.4, -0.2) is 39.9 Å². The lowest BCUT2D eigenvalue weighted by Gasteiger charge is -2.11. The molecule has 0 aromatic heterocycles. The normalized spacial score (nSPS) is 13.4. The Labute approximate surface area is 117 Å². The predicted molar refractivity (Wildman–Crippen MR) is 73.2 cm³/mol. The smallest absolute Gasteiger partial charge is 0.240 e. The van der Waals surface area contributed by atoms with Crippen molar-refractivity contribution in [3.8, 4) is 0 Å². The van der Waals surface area contributed by atoms with Gasteiger partial charge in [0.15, 0.2) is 0 Å². The van der Waals surface area contributed by atoms with E-state index < -0.39 is 21.9 Å². The number of nitrogens with two attached hydrogens (primary N) is 1. The molecule has 1 aromatic carbocycles. The van der Waals surface area contributed by atoms with Gasteiger partial charge in [-0.25, -0.2) is 17.5 Å². The topological polar surface area (TPSA) is 102 Å². The van der Waals surface area contributed by atoms with E-state index in [9.17, 15) is 17.9 Å². The summed E-state index contributed by atoms with van der Waals surface area (Å²) in [5.74, 6) is -0.625. The van der Waals surface area contributed by atoms with Crippen LogP contribution in [-0.2, 0) is 14.8 Å². The predicted octanol–water partition coefficient (Wildman–Crippen LogP) is 0.392. The van der Waals surface area contributed by atoms with Crippen LogP contribution in [0, 0.1) is 12.7 Å². The van der Waals surface area contributed by atoms with Crippen LogP contribution in [0.25, 0.3) is 0 Å². The fraction of sp³-hybridized carbons (Fsp3) is 0.500. The Morgan fingerprint density at radius 2 is 2.15 bits per heavy atom. The first kappa shape index (κ1) is 16.8. The van der Waals surface area contributed by atoms with Crippen molar-refractivity contribution in [1.82, 2.24) is 4.72 Å². The van der Waals surface area contributed by atoms with E-state index in [1.54, 1.807) is 0 Å². The lowest BCUT2D eigenvalue weighted by Crippen LogP contribution is -2.28. The third-order valence-corrected chi connectivity index (χ3v) is 4.14. The van der Waals surface area contributed by atoms with Gasteiger partial charge < -0.3 is 15.6 Å². The van der Waals surface area contributed by atoms with E-state index in [0.717, 1.165) is 6.07 Å². The van der Waals surface area contributed by atoms with E-state index in [1.165, 1.54) is 20.1 Å². The molecule has 0 heterocycles. The molecule has 0 aliphatic carbocycles. The molecule has 0 amide bonds. The summed E-state index contributed by atoms with van der Waals surface area (Å²) in [6, 6.07) is 2.27. The van der Waals surface area contributed by atoms with Crippen molar-refractivity contribution in [2.75, 3.05) is 26.0 Å². The number of aliphatic hydroxyl groups is 1. The minimum absolute atomic E-state index is 0.0448. The number of methoxy groups -OCH3 is 1. The second-order valence-corrected chi connectivity index (χ2v) is 6.21. The van der Waals surface area contributed by atoms with E-state index >= 15 is 0 Å². The average Bonchev–Trinajstić information content (AvgIpc) is 2.35. The highest BCUT2D eigenvalue weighted by atomic mass is 32.2. The van der Waals surface area contributed by atoms with E-state index in [0.29, 0.717) is 0 Å². The minimum atomic E-state index is -3.78. The van der Waals surface area contributed by atoms with Crippen molar-refractivity contribution in [2.45, 2.75) is 24.3 Å². The Morgan fingerprint density at radius 3 is 2.70 bits per heavy atom. The van der Waals surface area contributed by atoms with Gasteiger partial charge in [-0.2, -0.15) is 0 Å². The van der Waals surface area contributed by atoms with E-state index in [1.807, 2.05) is 0 Å². The highest BCUT2D eigenvalue weighted by molar-refractivity contribution is 7.89. The van der Waals surface area contributed by atoms with Crippen molar-refractivity contribution in [2.24, 2.45) is 0 Å². The number of hydrogen-bond donors (Lipinski definition) is 3. The first-order chi connectivity index (χ1) is 9.27. The largest absolute Gasteiger partial charge is 0.396 e. The van der Waals surface area contributed by atoms with Crippen LogP contribution >= 0.6 is 0 Å². The molecule has 0 saturated carbocycles. The summed E-state index contributed by atoms with van der Waals surface area (Å²) < 4.78 is 44.4. The van der Waals surface area contributed by atoms with Gasteiger partial charge in [-0.1, -0.05) is 0 Å². The van der Waals surface area contributed by atoms with Crippen molar-refractivity contribution >= 4 is 15.7 Å². The molecule has 114 valence electrons. The van der Waals surface area contributed by atoms with Gasteiger partial charge >= 0.3 is 0 Å². The Kier molecular flexibility index (Phi) is 5.88. The highest BCUT2D eigenvalue weighted by Gasteiger charge is 2.17. The van der Waals surface area contributed by atoms with Gasteiger partial charge in [-0.3, -0.25) is 0 Å². The summed E-state index contributed by atoms with van der Waals surface area (Å²) in [5, 5.41) is 9.41. The van der Waals surface area contributed by atoms with Crippen LogP contribution in [0.4, 0.5) is 10.1 Å². The van der Waals surface area contributed by atoms with Crippen LogP contribution < -0.4 is 10.5 Å². The van der Waals surface area contributed by atoms with Gasteiger partial charge in [-0.15, -0.1) is 0 Å². The Hall–Kier alpha value is -1.22. The number of nitrogen functional groups attached to an aromatic ring is 1. The van der Waals surface area contributed by atoms with E-state index in [2.05, 4.69) is 4.72 Å². The number of halogens is 1. The third-order valence-electron chi connectivity index (χ3n) is 2.70. The molecule has 0 radical (unpaired) electrons. The number of hydrogen-bond acceptors (Lipinski definition) is 5. The number of rotatable bonds is 7. The maximum Gasteiger partial charge on any atom is 0.240 e. The van der Waals surface area contributed by atoms with Crippen molar-refractivity contribution in [3.05, 3.63) is 23.5 Å². The number of aliphatic hydroxyl groups excluding tert-OH is 1. The van der Waals surface area contributed by atoms with Crippen LogP contribution in [0.2, 0.25) is 0 Å². The van der Waals surface area contributed by atoms with Crippen molar-refractivity contribution in [1.29, 1.82) is 0 Å². The van der Waals surface area contributed by atoms with Gasteiger partial charge in [0.2, 0.25) is 10.0 Å². The molecule has 20 heavy (non-hydrogen) atoms. The van der Waals surface area contributed by atoms with Gasteiger partial charge in [-0.05, 0) is 31.0 Å². The average molecular weight is 306 g/mol. The Bertz CT molecular complexity index is 540. The molecular weight excluding hydrogens is 287 g/mol. The summed E-state index contributed by atoms with van der Waals surface area (Å²) in [6.07, 6.45) is -0.536. The molecule has 6 nitrogen and oxygen atoms in total. The number of anilines is 1. The van der Waals surface area contributed by atoms with Crippen molar-refractivity contribution in [3.63, 3.8) is 0 Å². The molecule has 1 rings (SSSR count). The summed E-state index contributed by atoms with van der Waals surface area (Å²) in [7, 11) is -2.34. The maximum absolute atomic E-state index is 13.4. The number of aryl methyl sites for hydroxylation is 1. The zero-order valence-electron chi connectivity index (χ0n) is 11.4. The number of benzene rings is 1. The van der Waals surface area contributed by atoms with Gasteiger partial charge in [0.25, 0.3) is 0 Å². The number of sulfonamides is 1. The first-order valence-corrected chi connectivity index (χ1v) is 7.48. The molecule has 4 N–H and O–H groups in total. The zero-order valence-corrected chi connectivity index (χ0v) is 12.2. The summed E-state index contributed by atoms with van der Waals surface area (Å²) in [5.41, 5.74) is 5.35. The van der Waals surface area contributed by atoms with Crippen LogP contribution in [0.5, 0.6) is 0 Å². The molecule has 0 saturated heterocycles. The lowest BCUT2D eigenvalue weighted by molar-refractivity contribution is 0.0603. The standard InChI is InChI=1S/C12H19FN2O4S/c1-8-5-10(6-11(14)12(8)13)20(17,18)15-4-3-9(16)7-19-2/h5-6,9,15-16H,3-4,7,14H2,1-2H3. The molecular formula is C12H19FN2O4S. The molecule has 0 bridgehead atoms. The third kappa shape index (κ3) is 4.41. The fourth-order valence-corrected chi connectivity index (χ4v) is 2.80. The molecule has 1 aromatic rings. The van der Waals surface area contributed by atoms with E-state index in [-0.39, 0.29) is 35.7 Å². The lowest BCUT2D eigenvalue weighted by atomic mass is 10.2. The Morgan fingerprint density at radius 1 is 1.50 bits per heavy atom. The van der Waals surface area contributed by atoms with Gasteiger partial charge in [0.05, 0.1) is 23.3 Å². The molecule has 0 spiro atoms. The summed E-state index contributed by atoms with van der Waals surface area (Å²) >= 11 is 0. The van der Waals surface area contributed by atoms with Gasteiger partial charge in [0, 0.05) is 13.7 Å². The Balaban J connectivity index is 2.75. The second kappa shape index (κ2) is 6.98. The minimum Gasteiger partial charge on any atom is -0.396 e. The van der Waals surface area contributed by atoms with Crippen LogP contribution in [0.3, 0.4) is 0 Å². The van der Waals surface area contributed by atoms with Crippen LogP contribution in [0.15, 0.2) is 17.0 Å². The quantitative estimate of drug-likeness (QED) is 0.633.